The van der Waals surface area contributed by atoms with Gasteiger partial charge in [-0.2, -0.15) is 0 Å². The van der Waals surface area contributed by atoms with Crippen molar-refractivity contribution in [1.82, 2.24) is 0 Å². The van der Waals surface area contributed by atoms with Gasteiger partial charge in [0.1, 0.15) is 5.75 Å². The quantitative estimate of drug-likeness (QED) is 0.743. The molecule has 1 aromatic carbocycles. The molecule has 2 aliphatic rings. The Balaban J connectivity index is 1.99. The van der Waals surface area contributed by atoms with E-state index < -0.39 is 0 Å². The summed E-state index contributed by atoms with van der Waals surface area (Å²) in [5, 5.41) is 0.796. The van der Waals surface area contributed by atoms with Crippen LogP contribution >= 0.6 is 11.6 Å². The van der Waals surface area contributed by atoms with E-state index in [9.17, 15) is 0 Å². The zero-order chi connectivity index (χ0) is 15.5. The summed E-state index contributed by atoms with van der Waals surface area (Å²) < 4.78 is 11.0. The zero-order valence-corrected chi connectivity index (χ0v) is 14.2. The number of benzene rings is 1. The van der Waals surface area contributed by atoms with Gasteiger partial charge in [-0.05, 0) is 42.9 Å². The fourth-order valence-corrected chi connectivity index (χ4v) is 3.40. The number of anilines is 1. The Kier molecular flexibility index (Phi) is 4.94. The van der Waals surface area contributed by atoms with Crippen molar-refractivity contribution in [2.75, 3.05) is 38.3 Å². The van der Waals surface area contributed by atoms with Crippen LogP contribution in [0.15, 0.2) is 18.2 Å². The Hall–Kier alpha value is -1.19. The second-order valence-electron chi connectivity index (χ2n) is 6.11. The molecule has 0 bridgehead atoms. The molecule has 1 aliphatic carbocycles. The second kappa shape index (κ2) is 6.93. The number of ether oxygens (including phenoxy) is 2. The molecule has 0 unspecified atom stereocenters. The molecule has 4 heteroatoms. The molecular weight excluding hydrogens is 298 g/mol. The maximum Gasteiger partial charge on any atom is 0.143 e. The third-order valence-electron chi connectivity index (χ3n) is 4.34. The van der Waals surface area contributed by atoms with Crippen molar-refractivity contribution in [1.29, 1.82) is 0 Å². The minimum atomic E-state index is 0.641. The van der Waals surface area contributed by atoms with Gasteiger partial charge in [-0.1, -0.05) is 24.6 Å². The summed E-state index contributed by atoms with van der Waals surface area (Å²) in [6.07, 6.45) is 5.88. The smallest absolute Gasteiger partial charge is 0.143 e. The van der Waals surface area contributed by atoms with Crippen molar-refractivity contribution in [3.8, 4) is 5.75 Å². The van der Waals surface area contributed by atoms with Crippen LogP contribution in [0.4, 0.5) is 5.69 Å². The molecule has 1 heterocycles. The molecule has 0 atom stereocenters. The van der Waals surface area contributed by atoms with E-state index in [1.165, 1.54) is 18.4 Å². The van der Waals surface area contributed by atoms with Gasteiger partial charge in [0, 0.05) is 18.7 Å². The summed E-state index contributed by atoms with van der Waals surface area (Å²) in [4.78, 5) is 2.40. The lowest BCUT2D eigenvalue weighted by molar-refractivity contribution is 0.216. The van der Waals surface area contributed by atoms with Crippen molar-refractivity contribution in [2.24, 2.45) is 5.92 Å². The largest absolute Gasteiger partial charge is 0.495 e. The molecule has 1 aromatic rings. The molecule has 0 N–H and O–H groups in total. The summed E-state index contributed by atoms with van der Waals surface area (Å²) in [5.74, 6) is 1.67. The topological polar surface area (TPSA) is 21.7 Å². The van der Waals surface area contributed by atoms with Crippen LogP contribution in [0.5, 0.6) is 5.75 Å². The normalized spacial score (nSPS) is 17.5. The third kappa shape index (κ3) is 3.26. The van der Waals surface area contributed by atoms with E-state index in [4.69, 9.17) is 21.1 Å². The van der Waals surface area contributed by atoms with Crippen LogP contribution in [0.1, 0.15) is 31.7 Å². The van der Waals surface area contributed by atoms with Crippen LogP contribution in [0.2, 0.25) is 5.02 Å². The van der Waals surface area contributed by atoms with E-state index in [-0.39, 0.29) is 0 Å². The molecular formula is C18H24ClNO2. The van der Waals surface area contributed by atoms with Crippen LogP contribution in [-0.4, -0.2) is 33.4 Å². The van der Waals surface area contributed by atoms with Gasteiger partial charge >= 0.3 is 0 Å². The molecule has 0 radical (unpaired) electrons. The van der Waals surface area contributed by atoms with Crippen molar-refractivity contribution >= 4 is 22.9 Å². The average molecular weight is 322 g/mol. The van der Waals surface area contributed by atoms with E-state index in [1.54, 1.807) is 7.11 Å². The Morgan fingerprint density at radius 1 is 1.36 bits per heavy atom. The van der Waals surface area contributed by atoms with E-state index >= 15 is 0 Å². The van der Waals surface area contributed by atoms with Gasteiger partial charge in [-0.3, -0.25) is 0 Å². The van der Waals surface area contributed by atoms with Crippen molar-refractivity contribution in [3.05, 3.63) is 28.8 Å². The van der Waals surface area contributed by atoms with Gasteiger partial charge < -0.3 is 14.4 Å². The summed E-state index contributed by atoms with van der Waals surface area (Å²) in [5.41, 5.74) is 3.30. The molecule has 0 aromatic heterocycles. The van der Waals surface area contributed by atoms with Gasteiger partial charge in [-0.25, -0.2) is 0 Å². The van der Waals surface area contributed by atoms with Gasteiger partial charge in [0.15, 0.2) is 0 Å². The van der Waals surface area contributed by atoms with E-state index in [1.807, 2.05) is 12.1 Å². The first-order valence-electron chi connectivity index (χ1n) is 8.13. The van der Waals surface area contributed by atoms with Gasteiger partial charge in [-0.15, -0.1) is 0 Å². The van der Waals surface area contributed by atoms with Crippen LogP contribution in [0.3, 0.4) is 0 Å². The van der Waals surface area contributed by atoms with E-state index in [2.05, 4.69) is 17.9 Å². The van der Waals surface area contributed by atoms with Gasteiger partial charge in [0.05, 0.1) is 31.0 Å². The van der Waals surface area contributed by atoms with E-state index in [0.29, 0.717) is 13.2 Å². The SMILES string of the molecule is CCCN(CC1CC1)c1c(OC)ccc(C2=CCOC2)c1Cl. The lowest BCUT2D eigenvalue weighted by Gasteiger charge is -2.28. The maximum absolute atomic E-state index is 6.79. The Bertz CT molecular complexity index is 566. The summed E-state index contributed by atoms with van der Waals surface area (Å²) in [6.45, 7) is 5.60. The molecule has 1 aliphatic heterocycles. The monoisotopic (exact) mass is 321 g/mol. The lowest BCUT2D eigenvalue weighted by Crippen LogP contribution is -2.27. The highest BCUT2D eigenvalue weighted by Gasteiger charge is 2.27. The average Bonchev–Trinajstić information content (AvgIpc) is 3.17. The van der Waals surface area contributed by atoms with Crippen LogP contribution < -0.4 is 9.64 Å². The first kappa shape index (κ1) is 15.7. The molecule has 1 saturated carbocycles. The number of hydrogen-bond donors (Lipinski definition) is 0. The molecule has 0 spiro atoms. The molecule has 0 amide bonds. The first-order chi connectivity index (χ1) is 10.7. The summed E-state index contributed by atoms with van der Waals surface area (Å²) >= 11 is 6.79. The fourth-order valence-electron chi connectivity index (χ4n) is 3.01. The first-order valence-corrected chi connectivity index (χ1v) is 8.51. The summed E-state index contributed by atoms with van der Waals surface area (Å²) in [7, 11) is 1.72. The highest BCUT2D eigenvalue weighted by Crippen LogP contribution is 2.43. The molecule has 3 rings (SSSR count). The second-order valence-corrected chi connectivity index (χ2v) is 6.49. The minimum absolute atomic E-state index is 0.641. The van der Waals surface area contributed by atoms with Gasteiger partial charge in [0.25, 0.3) is 0 Å². The third-order valence-corrected chi connectivity index (χ3v) is 4.72. The van der Waals surface area contributed by atoms with Crippen LogP contribution in [0, 0.1) is 5.92 Å². The standard InChI is InChI=1S/C18H24ClNO2/c1-3-9-20(11-13-4-5-13)18-16(21-2)7-6-15(17(18)19)14-8-10-22-12-14/h6-8,13H,3-5,9-12H2,1-2H3. The Morgan fingerprint density at radius 3 is 2.77 bits per heavy atom. The Morgan fingerprint density at radius 2 is 2.18 bits per heavy atom. The van der Waals surface area contributed by atoms with Crippen molar-refractivity contribution in [2.45, 2.75) is 26.2 Å². The van der Waals surface area contributed by atoms with Crippen LogP contribution in [0.25, 0.3) is 5.57 Å². The maximum atomic E-state index is 6.79. The van der Waals surface area contributed by atoms with Gasteiger partial charge in [0.2, 0.25) is 0 Å². The molecule has 1 fully saturated rings. The molecule has 3 nitrogen and oxygen atoms in total. The predicted molar refractivity (Wildman–Crippen MR) is 92.0 cm³/mol. The molecule has 120 valence electrons. The number of hydrogen-bond acceptors (Lipinski definition) is 3. The minimum Gasteiger partial charge on any atom is -0.495 e. The van der Waals surface area contributed by atoms with Crippen LogP contribution in [-0.2, 0) is 4.74 Å². The molecule has 0 saturated heterocycles. The fraction of sp³-hybridized carbons (Fsp3) is 0.556. The molecule has 22 heavy (non-hydrogen) atoms. The Labute approximate surface area is 137 Å². The zero-order valence-electron chi connectivity index (χ0n) is 13.4. The number of rotatable bonds is 7. The van der Waals surface area contributed by atoms with Crippen molar-refractivity contribution < 1.29 is 9.47 Å². The predicted octanol–water partition coefficient (Wildman–Crippen LogP) is 4.39. The number of nitrogens with zero attached hydrogens (tertiary/aromatic N) is 1. The highest BCUT2D eigenvalue weighted by molar-refractivity contribution is 6.35. The van der Waals surface area contributed by atoms with Crippen molar-refractivity contribution in [3.63, 3.8) is 0 Å². The number of halogens is 1. The van der Waals surface area contributed by atoms with E-state index in [0.717, 1.165) is 47.5 Å². The summed E-state index contributed by atoms with van der Waals surface area (Å²) in [6, 6.07) is 4.08. The lowest BCUT2D eigenvalue weighted by atomic mass is 10.0. The highest BCUT2D eigenvalue weighted by atomic mass is 35.5. The number of methoxy groups -OCH3 is 1.